The Morgan fingerprint density at radius 2 is 2.13 bits per heavy atom. The number of benzene rings is 1. The molecule has 1 aromatic carbocycles. The number of rotatable bonds is 3. The van der Waals surface area contributed by atoms with Gasteiger partial charge >= 0.3 is 5.97 Å². The van der Waals surface area contributed by atoms with Gasteiger partial charge in [0.25, 0.3) is 0 Å². The Hall–Kier alpha value is -2.72. The van der Waals surface area contributed by atoms with Gasteiger partial charge < -0.3 is 23.8 Å². The van der Waals surface area contributed by atoms with Gasteiger partial charge in [0, 0.05) is 24.6 Å². The summed E-state index contributed by atoms with van der Waals surface area (Å²) in [5, 5.41) is 9.93. The van der Waals surface area contributed by atoms with Crippen molar-refractivity contribution >= 4 is 5.97 Å². The van der Waals surface area contributed by atoms with Crippen molar-refractivity contribution < 1.29 is 23.7 Å². The molecule has 0 N–H and O–H groups in total. The lowest BCUT2D eigenvalue weighted by molar-refractivity contribution is -0.218. The third kappa shape index (κ3) is 1.61. The lowest BCUT2D eigenvalue weighted by atomic mass is 9.37. The van der Waals surface area contributed by atoms with Gasteiger partial charge in [0.2, 0.25) is 0 Å². The van der Waals surface area contributed by atoms with E-state index in [9.17, 15) is 10.1 Å². The molecule has 4 bridgehead atoms. The van der Waals surface area contributed by atoms with E-state index in [0.29, 0.717) is 18.7 Å². The molecule has 2 aliphatic heterocycles. The molecular weight excluding hydrogens is 384 g/mol. The summed E-state index contributed by atoms with van der Waals surface area (Å²) in [5.74, 6) is 0.672. The zero-order valence-electron chi connectivity index (χ0n) is 17.3. The summed E-state index contributed by atoms with van der Waals surface area (Å²) >= 11 is 0. The number of fused-ring (bicyclic) bond motifs is 1. The van der Waals surface area contributed by atoms with Crippen LogP contribution in [0.25, 0.3) is 0 Å². The van der Waals surface area contributed by atoms with Crippen molar-refractivity contribution in [2.24, 2.45) is 11.3 Å². The number of nitrogens with zero attached hydrogens (tertiary/aromatic N) is 2. The van der Waals surface area contributed by atoms with Gasteiger partial charge in [-0.15, -0.1) is 0 Å². The molecule has 1 aromatic rings. The van der Waals surface area contributed by atoms with E-state index in [4.69, 9.17) is 18.9 Å². The van der Waals surface area contributed by atoms with Gasteiger partial charge in [-0.2, -0.15) is 5.26 Å². The van der Waals surface area contributed by atoms with Gasteiger partial charge in [0.15, 0.2) is 17.7 Å². The first-order chi connectivity index (χ1) is 14.5. The van der Waals surface area contributed by atoms with Crippen LogP contribution in [0.2, 0.25) is 0 Å². The van der Waals surface area contributed by atoms with E-state index in [-0.39, 0.29) is 23.5 Å². The normalized spacial score (nSPS) is 41.0. The fourth-order valence-corrected chi connectivity index (χ4v) is 7.52. The molecule has 4 aliphatic carbocycles. The van der Waals surface area contributed by atoms with Gasteiger partial charge in [-0.25, -0.2) is 0 Å². The molecule has 2 fully saturated rings. The third-order valence-electron chi connectivity index (χ3n) is 8.62. The van der Waals surface area contributed by atoms with Crippen LogP contribution in [-0.4, -0.2) is 56.5 Å². The van der Waals surface area contributed by atoms with Crippen molar-refractivity contribution in [3.63, 3.8) is 0 Å². The number of carbonyl (C=O) groups is 1. The summed E-state index contributed by atoms with van der Waals surface area (Å²) < 4.78 is 23.7. The minimum atomic E-state index is -0.924. The Kier molecular flexibility index (Phi) is 3.31. The predicted octanol–water partition coefficient (Wildman–Crippen LogP) is 1.94. The van der Waals surface area contributed by atoms with Crippen LogP contribution in [0.15, 0.2) is 24.3 Å². The highest BCUT2D eigenvalue weighted by Crippen LogP contribution is 2.74. The highest BCUT2D eigenvalue weighted by molar-refractivity contribution is 5.78. The SMILES string of the molecule is COC(=O)[C@H]1C[C@@]23C=C[C@]1(OC)[C@@H]1Oc4c(OC)ccc5c4[C@@]12CCN(C#N)[C@@H]3C5. The minimum Gasteiger partial charge on any atom is -0.493 e. The number of hydrogen-bond donors (Lipinski definition) is 0. The van der Waals surface area contributed by atoms with E-state index < -0.39 is 16.9 Å². The molecule has 30 heavy (non-hydrogen) atoms. The van der Waals surface area contributed by atoms with E-state index in [0.717, 1.165) is 18.6 Å². The van der Waals surface area contributed by atoms with Crippen LogP contribution in [0, 0.1) is 22.8 Å². The summed E-state index contributed by atoms with van der Waals surface area (Å²) in [7, 11) is 4.71. The zero-order chi connectivity index (χ0) is 20.9. The van der Waals surface area contributed by atoms with E-state index in [1.165, 1.54) is 18.2 Å². The summed E-state index contributed by atoms with van der Waals surface area (Å²) in [4.78, 5) is 14.9. The molecular formula is C23H24N2O5. The van der Waals surface area contributed by atoms with Crippen molar-refractivity contribution in [3.05, 3.63) is 35.4 Å². The molecule has 1 saturated heterocycles. The Labute approximate surface area is 175 Å². The lowest BCUT2D eigenvalue weighted by Crippen LogP contribution is -2.79. The molecule has 6 aliphatic rings. The molecule has 7 nitrogen and oxygen atoms in total. The Morgan fingerprint density at radius 1 is 1.30 bits per heavy atom. The van der Waals surface area contributed by atoms with Crippen LogP contribution in [0.1, 0.15) is 24.0 Å². The van der Waals surface area contributed by atoms with Crippen molar-refractivity contribution in [1.82, 2.24) is 4.90 Å². The van der Waals surface area contributed by atoms with Crippen molar-refractivity contribution in [1.29, 1.82) is 5.26 Å². The number of piperidine rings is 1. The largest absolute Gasteiger partial charge is 0.493 e. The maximum Gasteiger partial charge on any atom is 0.312 e. The minimum absolute atomic E-state index is 0.0345. The first-order valence-corrected chi connectivity index (χ1v) is 10.4. The lowest BCUT2D eigenvalue weighted by Gasteiger charge is -2.70. The number of ether oxygens (including phenoxy) is 4. The molecule has 1 saturated carbocycles. The summed E-state index contributed by atoms with van der Waals surface area (Å²) in [6.45, 7) is 0.662. The second kappa shape index (κ2) is 5.50. The molecule has 6 atom stereocenters. The van der Waals surface area contributed by atoms with E-state index in [1.807, 2.05) is 17.0 Å². The average Bonchev–Trinajstić information content (AvgIpc) is 3.15. The molecule has 7 heteroatoms. The first-order valence-electron chi connectivity index (χ1n) is 10.4. The summed E-state index contributed by atoms with van der Waals surface area (Å²) in [5.41, 5.74) is 0.695. The molecule has 7 rings (SSSR count). The molecule has 2 spiro atoms. The standard InChI is InChI=1S/C23H24N2O5/c1-27-15-5-4-13-10-16-21-6-7-23(29-3,14(11-21)19(26)28-2)20-22(21,8-9-25(16)12-24)17(13)18(15)30-20/h4-7,14,16,20H,8-11H2,1-3H3/t14-,16-,20-,21-,22+,23-/m1/s1. The van der Waals surface area contributed by atoms with Crippen molar-refractivity contribution in [2.75, 3.05) is 27.9 Å². The fraction of sp³-hybridized carbons (Fsp3) is 0.565. The monoisotopic (exact) mass is 408 g/mol. The smallest absolute Gasteiger partial charge is 0.312 e. The van der Waals surface area contributed by atoms with Gasteiger partial charge in [-0.1, -0.05) is 18.2 Å². The molecule has 2 heterocycles. The number of esters is 1. The third-order valence-corrected chi connectivity index (χ3v) is 8.62. The van der Waals surface area contributed by atoms with Crippen LogP contribution >= 0.6 is 0 Å². The fourth-order valence-electron chi connectivity index (χ4n) is 7.52. The summed E-state index contributed by atoms with van der Waals surface area (Å²) in [6.07, 6.45) is 8.34. The average molecular weight is 408 g/mol. The maximum atomic E-state index is 13.0. The van der Waals surface area contributed by atoms with Gasteiger partial charge in [-0.3, -0.25) is 4.79 Å². The quantitative estimate of drug-likeness (QED) is 0.430. The number of hydrogen-bond acceptors (Lipinski definition) is 7. The zero-order valence-corrected chi connectivity index (χ0v) is 17.3. The molecule has 0 amide bonds. The topological polar surface area (TPSA) is 81.0 Å². The van der Waals surface area contributed by atoms with E-state index >= 15 is 0 Å². The van der Waals surface area contributed by atoms with Gasteiger partial charge in [0.1, 0.15) is 11.7 Å². The van der Waals surface area contributed by atoms with Crippen LogP contribution in [0.4, 0.5) is 0 Å². The molecule has 0 aromatic heterocycles. The Balaban J connectivity index is 1.69. The van der Waals surface area contributed by atoms with E-state index in [2.05, 4.69) is 18.3 Å². The predicted molar refractivity (Wildman–Crippen MR) is 105 cm³/mol. The Bertz CT molecular complexity index is 1050. The van der Waals surface area contributed by atoms with Gasteiger partial charge in [0.05, 0.1) is 31.6 Å². The van der Waals surface area contributed by atoms with Gasteiger partial charge in [-0.05, 0) is 30.9 Å². The van der Waals surface area contributed by atoms with Crippen molar-refractivity contribution in [2.45, 2.75) is 42.4 Å². The first kappa shape index (κ1) is 18.1. The van der Waals surface area contributed by atoms with E-state index in [1.54, 1.807) is 14.2 Å². The Morgan fingerprint density at radius 3 is 2.83 bits per heavy atom. The summed E-state index contributed by atoms with van der Waals surface area (Å²) in [6, 6.07) is 4.02. The number of carbonyl (C=O) groups excluding carboxylic acids is 1. The second-order valence-electron chi connectivity index (χ2n) is 9.07. The molecule has 0 radical (unpaired) electrons. The van der Waals surface area contributed by atoms with Crippen molar-refractivity contribution in [3.8, 4) is 17.7 Å². The molecule has 0 unspecified atom stereocenters. The number of nitriles is 1. The highest BCUT2D eigenvalue weighted by atomic mass is 16.6. The number of methoxy groups -OCH3 is 3. The van der Waals surface area contributed by atoms with Crippen LogP contribution < -0.4 is 9.47 Å². The number of likely N-dealkylation sites (tertiary alicyclic amines) is 1. The molecule has 156 valence electrons. The van der Waals surface area contributed by atoms with Crippen LogP contribution in [-0.2, 0) is 26.1 Å². The second-order valence-corrected chi connectivity index (χ2v) is 9.07. The van der Waals surface area contributed by atoms with Crippen LogP contribution in [0.3, 0.4) is 0 Å². The van der Waals surface area contributed by atoms with Crippen LogP contribution in [0.5, 0.6) is 11.5 Å². The highest BCUT2D eigenvalue weighted by Gasteiger charge is 2.80. The maximum absolute atomic E-state index is 13.0.